The second kappa shape index (κ2) is 11.2. The lowest BCUT2D eigenvalue weighted by Crippen LogP contribution is -2.00. The Balaban J connectivity index is 1.18. The molecule has 0 aliphatic rings. The van der Waals surface area contributed by atoms with Crippen LogP contribution in [0, 0.1) is 0 Å². The SMILES string of the molecule is c1ccc(-c2nc(-c3ccc4c5ccccc5n(-c5cccc6sc7ccccc7c56)c4c3)nc(-c3cccc4c3sc3ccccc34)n2)cc1. The third-order valence-electron chi connectivity index (χ3n) is 9.87. The van der Waals surface area contributed by atoms with Crippen molar-refractivity contribution < 1.29 is 0 Å². The molecule has 4 heterocycles. The Labute approximate surface area is 300 Å². The van der Waals surface area contributed by atoms with E-state index < -0.39 is 0 Å². The minimum atomic E-state index is 0.648. The average Bonchev–Trinajstić information content (AvgIpc) is 3.87. The Hall–Kier alpha value is -6.21. The maximum atomic E-state index is 5.24. The van der Waals surface area contributed by atoms with Crippen molar-refractivity contribution >= 4 is 84.8 Å². The highest BCUT2D eigenvalue weighted by molar-refractivity contribution is 7.26. The first kappa shape index (κ1) is 28.6. The van der Waals surface area contributed by atoms with E-state index in [9.17, 15) is 0 Å². The van der Waals surface area contributed by atoms with E-state index in [1.54, 1.807) is 11.3 Å². The molecule has 0 amide bonds. The lowest BCUT2D eigenvalue weighted by Gasteiger charge is -2.12. The lowest BCUT2D eigenvalue weighted by atomic mass is 10.1. The van der Waals surface area contributed by atoms with E-state index in [4.69, 9.17) is 15.0 Å². The summed E-state index contributed by atoms with van der Waals surface area (Å²) in [5.41, 5.74) is 6.37. The van der Waals surface area contributed by atoms with Crippen molar-refractivity contribution in [3.05, 3.63) is 158 Å². The number of rotatable bonds is 4. The van der Waals surface area contributed by atoms with Gasteiger partial charge in [-0.15, -0.1) is 22.7 Å². The molecule has 0 radical (unpaired) electrons. The molecule has 0 N–H and O–H groups in total. The molecule has 11 rings (SSSR count). The van der Waals surface area contributed by atoms with Crippen LogP contribution in [0.4, 0.5) is 0 Å². The van der Waals surface area contributed by atoms with Gasteiger partial charge < -0.3 is 4.57 Å². The minimum absolute atomic E-state index is 0.648. The van der Waals surface area contributed by atoms with E-state index in [1.165, 1.54) is 62.3 Å². The third-order valence-corrected chi connectivity index (χ3v) is 12.2. The predicted molar refractivity (Wildman–Crippen MR) is 216 cm³/mol. The van der Waals surface area contributed by atoms with Gasteiger partial charge in [-0.2, -0.15) is 0 Å². The van der Waals surface area contributed by atoms with E-state index >= 15 is 0 Å². The molecule has 6 heteroatoms. The highest BCUT2D eigenvalue weighted by atomic mass is 32.1. The van der Waals surface area contributed by atoms with Crippen LogP contribution in [-0.2, 0) is 0 Å². The second-order valence-electron chi connectivity index (χ2n) is 12.8. The Morgan fingerprint density at radius 3 is 1.88 bits per heavy atom. The maximum absolute atomic E-state index is 5.24. The standard InChI is InChI=1S/C45H26N4S2/c1-2-12-27(13-3-1)43-46-44(48-45(47-43)34-18-10-17-32-31-15-5-8-21-38(31)51-42(32)34)28-24-25-30-29-14-4-7-19-35(29)49(37(30)26-28)36-20-11-23-40-41(36)33-16-6-9-22-39(33)50-40/h1-26H. The van der Waals surface area contributed by atoms with E-state index in [-0.39, 0.29) is 0 Å². The van der Waals surface area contributed by atoms with Crippen molar-refractivity contribution in [3.8, 4) is 39.9 Å². The van der Waals surface area contributed by atoms with Gasteiger partial charge in [0.2, 0.25) is 0 Å². The van der Waals surface area contributed by atoms with Gasteiger partial charge in [-0.3, -0.25) is 0 Å². The first-order chi connectivity index (χ1) is 25.3. The van der Waals surface area contributed by atoms with Gasteiger partial charge in [0.1, 0.15) is 0 Å². The van der Waals surface area contributed by atoms with Gasteiger partial charge in [0, 0.05) is 67.8 Å². The van der Waals surface area contributed by atoms with Gasteiger partial charge in [0.25, 0.3) is 0 Å². The number of benzene rings is 7. The highest BCUT2D eigenvalue weighted by Gasteiger charge is 2.20. The molecule has 0 aliphatic heterocycles. The van der Waals surface area contributed by atoms with Gasteiger partial charge >= 0.3 is 0 Å². The van der Waals surface area contributed by atoms with Crippen molar-refractivity contribution in [2.45, 2.75) is 0 Å². The van der Waals surface area contributed by atoms with E-state index in [1.807, 2.05) is 29.5 Å². The van der Waals surface area contributed by atoms with Crippen LogP contribution in [0.5, 0.6) is 0 Å². The second-order valence-corrected chi connectivity index (χ2v) is 14.9. The van der Waals surface area contributed by atoms with E-state index in [0.29, 0.717) is 17.5 Å². The largest absolute Gasteiger partial charge is 0.309 e. The number of nitrogens with zero attached hydrogens (tertiary/aromatic N) is 4. The molecule has 0 aliphatic carbocycles. The van der Waals surface area contributed by atoms with Gasteiger partial charge in [0.15, 0.2) is 17.5 Å². The first-order valence-corrected chi connectivity index (χ1v) is 18.6. The van der Waals surface area contributed by atoms with Gasteiger partial charge in [-0.25, -0.2) is 15.0 Å². The molecule has 0 atom stereocenters. The molecule has 4 nitrogen and oxygen atoms in total. The number of fused-ring (bicyclic) bond motifs is 9. The molecule has 0 fully saturated rings. The average molecular weight is 687 g/mol. The summed E-state index contributed by atoms with van der Waals surface area (Å²) in [7, 11) is 0. The molecule has 0 bridgehead atoms. The minimum Gasteiger partial charge on any atom is -0.309 e. The summed E-state index contributed by atoms with van der Waals surface area (Å²) in [5.74, 6) is 1.98. The molecule has 0 saturated heterocycles. The summed E-state index contributed by atoms with van der Waals surface area (Å²) in [6, 6.07) is 56.0. The van der Waals surface area contributed by atoms with Gasteiger partial charge in [-0.1, -0.05) is 115 Å². The van der Waals surface area contributed by atoms with Crippen molar-refractivity contribution in [3.63, 3.8) is 0 Å². The normalized spacial score (nSPS) is 11.9. The summed E-state index contributed by atoms with van der Waals surface area (Å²) in [6.45, 7) is 0. The monoisotopic (exact) mass is 686 g/mol. The van der Waals surface area contributed by atoms with Crippen LogP contribution in [-0.4, -0.2) is 19.5 Å². The van der Waals surface area contributed by atoms with Crippen LogP contribution in [0.1, 0.15) is 0 Å². The summed E-state index contributed by atoms with van der Waals surface area (Å²) >= 11 is 3.64. The predicted octanol–water partition coefficient (Wildman–Crippen LogP) is 12.7. The highest BCUT2D eigenvalue weighted by Crippen LogP contribution is 2.42. The summed E-state index contributed by atoms with van der Waals surface area (Å²) in [5, 5.41) is 7.43. The molecular weight excluding hydrogens is 661 g/mol. The zero-order valence-corrected chi connectivity index (χ0v) is 28.7. The molecule has 0 saturated carbocycles. The smallest absolute Gasteiger partial charge is 0.165 e. The number of aromatic nitrogens is 4. The summed E-state index contributed by atoms with van der Waals surface area (Å²) in [4.78, 5) is 15.5. The fraction of sp³-hybridized carbons (Fsp3) is 0. The topological polar surface area (TPSA) is 43.6 Å². The Morgan fingerprint density at radius 2 is 1.02 bits per heavy atom. The van der Waals surface area contributed by atoms with Crippen LogP contribution in [0.2, 0.25) is 0 Å². The molecule has 4 aromatic heterocycles. The van der Waals surface area contributed by atoms with Gasteiger partial charge in [-0.05, 0) is 42.5 Å². The Bertz CT molecular complexity index is 3150. The van der Waals surface area contributed by atoms with E-state index in [2.05, 4.69) is 144 Å². The molecule has 7 aromatic carbocycles. The zero-order valence-electron chi connectivity index (χ0n) is 27.1. The number of thiophene rings is 2. The lowest BCUT2D eigenvalue weighted by molar-refractivity contribution is 1.08. The molecular formula is C45H26N4S2. The van der Waals surface area contributed by atoms with Crippen LogP contribution < -0.4 is 0 Å². The molecule has 0 unspecified atom stereocenters. The molecule has 11 aromatic rings. The third kappa shape index (κ3) is 4.40. The maximum Gasteiger partial charge on any atom is 0.165 e. The molecule has 51 heavy (non-hydrogen) atoms. The molecule has 238 valence electrons. The van der Waals surface area contributed by atoms with Crippen molar-refractivity contribution in [1.82, 2.24) is 19.5 Å². The number of hydrogen-bond acceptors (Lipinski definition) is 5. The molecule has 0 spiro atoms. The quantitative estimate of drug-likeness (QED) is 0.185. The number of para-hydroxylation sites is 1. The fourth-order valence-corrected chi connectivity index (χ4v) is 9.92. The van der Waals surface area contributed by atoms with Crippen LogP contribution in [0.15, 0.2) is 158 Å². The van der Waals surface area contributed by atoms with Crippen molar-refractivity contribution in [2.24, 2.45) is 0 Å². The van der Waals surface area contributed by atoms with Crippen LogP contribution >= 0.6 is 22.7 Å². The fourth-order valence-electron chi connectivity index (χ4n) is 7.58. The summed E-state index contributed by atoms with van der Waals surface area (Å²) < 4.78 is 7.43. The Kier molecular flexibility index (Phi) is 6.26. The van der Waals surface area contributed by atoms with Gasteiger partial charge in [0.05, 0.1) is 16.7 Å². The Morgan fingerprint density at radius 1 is 0.392 bits per heavy atom. The first-order valence-electron chi connectivity index (χ1n) is 16.9. The van der Waals surface area contributed by atoms with E-state index in [0.717, 1.165) is 22.2 Å². The van der Waals surface area contributed by atoms with Crippen LogP contribution in [0.3, 0.4) is 0 Å². The zero-order chi connectivity index (χ0) is 33.5. The van der Waals surface area contributed by atoms with Crippen LogP contribution in [0.25, 0.3) is 102 Å². The van der Waals surface area contributed by atoms with Crippen molar-refractivity contribution in [1.29, 1.82) is 0 Å². The number of hydrogen-bond donors (Lipinski definition) is 0. The van der Waals surface area contributed by atoms with Crippen molar-refractivity contribution in [2.75, 3.05) is 0 Å². The summed E-state index contributed by atoms with van der Waals surface area (Å²) in [6.07, 6.45) is 0.